The zero-order valence-corrected chi connectivity index (χ0v) is 14.5. The number of aliphatic hydroxyl groups is 1. The molecule has 5 nitrogen and oxygen atoms in total. The molecule has 1 aromatic rings. The van der Waals surface area contributed by atoms with E-state index in [9.17, 15) is 9.90 Å². The van der Waals surface area contributed by atoms with Gasteiger partial charge in [-0.2, -0.15) is 0 Å². The van der Waals surface area contributed by atoms with Crippen LogP contribution in [0.4, 0.5) is 0 Å². The van der Waals surface area contributed by atoms with Crippen molar-refractivity contribution in [1.29, 1.82) is 0 Å². The maximum absolute atomic E-state index is 12.7. The molecule has 0 spiro atoms. The molecule has 0 bridgehead atoms. The summed E-state index contributed by atoms with van der Waals surface area (Å²) in [4.78, 5) is 17.2. The Bertz CT molecular complexity index is 537. The Kier molecular flexibility index (Phi) is 5.87. The van der Waals surface area contributed by atoms with Crippen LogP contribution in [0.2, 0.25) is 0 Å². The van der Waals surface area contributed by atoms with Crippen molar-refractivity contribution >= 4 is 5.91 Å². The van der Waals surface area contributed by atoms with Gasteiger partial charge in [0.25, 0.3) is 0 Å². The third-order valence-electron chi connectivity index (χ3n) is 5.24. The summed E-state index contributed by atoms with van der Waals surface area (Å²) in [6, 6.07) is 10.7. The maximum atomic E-state index is 12.7. The number of carbonyl (C=O) groups is 1. The van der Waals surface area contributed by atoms with Crippen LogP contribution in [-0.4, -0.2) is 65.7 Å². The number of β-amino-alcohol motifs (C(OH)–C–C–N with tert-alkyl or cyclic N) is 1. The molecule has 2 aliphatic heterocycles. The van der Waals surface area contributed by atoms with E-state index < -0.39 is 0 Å². The van der Waals surface area contributed by atoms with Crippen LogP contribution in [0.5, 0.6) is 0 Å². The molecule has 2 saturated heterocycles. The lowest BCUT2D eigenvalue weighted by Gasteiger charge is -2.30. The number of benzene rings is 1. The van der Waals surface area contributed by atoms with Gasteiger partial charge in [-0.05, 0) is 18.9 Å². The maximum Gasteiger partial charge on any atom is 0.223 e. The van der Waals surface area contributed by atoms with Crippen molar-refractivity contribution in [1.82, 2.24) is 15.1 Å². The molecule has 24 heavy (non-hydrogen) atoms. The van der Waals surface area contributed by atoms with Crippen molar-refractivity contribution < 1.29 is 9.90 Å². The van der Waals surface area contributed by atoms with Gasteiger partial charge in [-0.25, -0.2) is 0 Å². The molecule has 1 amide bonds. The first-order valence-corrected chi connectivity index (χ1v) is 9.08. The molecular formula is C19H29N3O2. The molecule has 2 N–H and O–H groups in total. The first-order valence-electron chi connectivity index (χ1n) is 9.08. The van der Waals surface area contributed by atoms with Crippen LogP contribution < -0.4 is 5.32 Å². The molecule has 0 aliphatic carbocycles. The molecule has 2 aliphatic rings. The van der Waals surface area contributed by atoms with Crippen LogP contribution in [0, 0.1) is 5.92 Å². The Morgan fingerprint density at radius 3 is 2.75 bits per heavy atom. The van der Waals surface area contributed by atoms with Gasteiger partial charge in [-0.3, -0.25) is 9.69 Å². The molecule has 1 unspecified atom stereocenters. The first kappa shape index (κ1) is 17.4. The Morgan fingerprint density at radius 2 is 2.04 bits per heavy atom. The average Bonchev–Trinajstić information content (AvgIpc) is 2.87. The predicted molar refractivity (Wildman–Crippen MR) is 94.5 cm³/mol. The highest BCUT2D eigenvalue weighted by molar-refractivity contribution is 5.77. The number of carbonyl (C=O) groups excluding carboxylic acids is 1. The van der Waals surface area contributed by atoms with E-state index in [-0.39, 0.29) is 24.0 Å². The largest absolute Gasteiger partial charge is 0.391 e. The van der Waals surface area contributed by atoms with Gasteiger partial charge in [0, 0.05) is 57.6 Å². The molecular weight excluding hydrogens is 302 g/mol. The molecule has 0 saturated carbocycles. The number of nitrogens with zero attached hydrogens (tertiary/aromatic N) is 2. The third kappa shape index (κ3) is 4.35. The fourth-order valence-corrected chi connectivity index (χ4v) is 3.87. The van der Waals surface area contributed by atoms with Gasteiger partial charge < -0.3 is 15.3 Å². The quantitative estimate of drug-likeness (QED) is 0.867. The Morgan fingerprint density at radius 1 is 1.25 bits per heavy atom. The Labute approximate surface area is 144 Å². The van der Waals surface area contributed by atoms with Gasteiger partial charge in [0.2, 0.25) is 5.91 Å². The predicted octanol–water partition coefficient (Wildman–Crippen LogP) is 1.08. The van der Waals surface area contributed by atoms with E-state index in [4.69, 9.17) is 0 Å². The van der Waals surface area contributed by atoms with E-state index in [1.54, 1.807) is 0 Å². The number of hydrogen-bond donors (Lipinski definition) is 2. The van der Waals surface area contributed by atoms with Crippen molar-refractivity contribution in [3.8, 4) is 0 Å². The van der Waals surface area contributed by atoms with Crippen LogP contribution in [-0.2, 0) is 11.3 Å². The molecule has 0 aromatic heterocycles. The van der Waals surface area contributed by atoms with Crippen LogP contribution >= 0.6 is 0 Å². The smallest absolute Gasteiger partial charge is 0.223 e. The average molecular weight is 331 g/mol. The number of aliphatic hydroxyl groups excluding tert-OH is 1. The standard InChI is InChI=1S/C19H29N3O2/c1-15-13-21(14-16-6-3-2-4-7-16)8-5-9-22(15)19(24)10-17-11-20-12-18(17)23/h2-4,6-7,15,17-18,20,23H,5,8-14H2,1H3/t15?,17-,18-/m1/s1. The second-order valence-corrected chi connectivity index (χ2v) is 7.20. The zero-order chi connectivity index (χ0) is 16.9. The van der Waals surface area contributed by atoms with E-state index in [1.807, 2.05) is 11.0 Å². The van der Waals surface area contributed by atoms with Gasteiger partial charge in [-0.1, -0.05) is 30.3 Å². The minimum Gasteiger partial charge on any atom is -0.391 e. The molecule has 132 valence electrons. The fourth-order valence-electron chi connectivity index (χ4n) is 3.87. The minimum atomic E-state index is -0.384. The van der Waals surface area contributed by atoms with Crippen molar-refractivity contribution in [2.75, 3.05) is 32.7 Å². The summed E-state index contributed by atoms with van der Waals surface area (Å²) in [5, 5.41) is 13.1. The lowest BCUT2D eigenvalue weighted by Crippen LogP contribution is -2.43. The summed E-state index contributed by atoms with van der Waals surface area (Å²) in [6.07, 6.45) is 1.08. The third-order valence-corrected chi connectivity index (χ3v) is 5.24. The number of nitrogens with one attached hydrogen (secondary N) is 1. The Hall–Kier alpha value is -1.43. The van der Waals surface area contributed by atoms with E-state index in [1.165, 1.54) is 5.56 Å². The Balaban J connectivity index is 1.55. The van der Waals surface area contributed by atoms with Crippen molar-refractivity contribution in [3.05, 3.63) is 35.9 Å². The first-order chi connectivity index (χ1) is 11.6. The topological polar surface area (TPSA) is 55.8 Å². The van der Waals surface area contributed by atoms with E-state index >= 15 is 0 Å². The number of amides is 1. The molecule has 5 heteroatoms. The van der Waals surface area contributed by atoms with Crippen LogP contribution in [0.15, 0.2) is 30.3 Å². The van der Waals surface area contributed by atoms with Crippen LogP contribution in [0.3, 0.4) is 0 Å². The lowest BCUT2D eigenvalue weighted by atomic mass is 10.0. The van der Waals surface area contributed by atoms with Gasteiger partial charge in [0.1, 0.15) is 0 Å². The highest BCUT2D eigenvalue weighted by atomic mass is 16.3. The molecule has 2 heterocycles. The number of hydrogen-bond acceptors (Lipinski definition) is 4. The van der Waals surface area contributed by atoms with Crippen LogP contribution in [0.1, 0.15) is 25.3 Å². The second-order valence-electron chi connectivity index (χ2n) is 7.20. The zero-order valence-electron chi connectivity index (χ0n) is 14.5. The van der Waals surface area contributed by atoms with Gasteiger partial charge in [0.15, 0.2) is 0 Å². The summed E-state index contributed by atoms with van der Waals surface area (Å²) in [5.74, 6) is 0.255. The minimum absolute atomic E-state index is 0.0633. The molecule has 3 rings (SSSR count). The molecule has 0 radical (unpaired) electrons. The summed E-state index contributed by atoms with van der Waals surface area (Å²) in [5.41, 5.74) is 1.32. The summed E-state index contributed by atoms with van der Waals surface area (Å²) in [7, 11) is 0. The SMILES string of the molecule is CC1CN(Cc2ccccc2)CCCN1C(=O)C[C@@H]1CNC[C@H]1O. The van der Waals surface area contributed by atoms with E-state index in [2.05, 4.69) is 41.4 Å². The van der Waals surface area contributed by atoms with Gasteiger partial charge in [0.05, 0.1) is 6.10 Å². The summed E-state index contributed by atoms with van der Waals surface area (Å²) in [6.45, 7) is 7.20. The normalized spacial score (nSPS) is 28.8. The van der Waals surface area contributed by atoms with Gasteiger partial charge in [-0.15, -0.1) is 0 Å². The van der Waals surface area contributed by atoms with Crippen molar-refractivity contribution in [3.63, 3.8) is 0 Å². The summed E-state index contributed by atoms with van der Waals surface area (Å²) < 4.78 is 0. The monoisotopic (exact) mass is 331 g/mol. The van der Waals surface area contributed by atoms with E-state index in [0.717, 1.165) is 39.1 Å². The number of rotatable bonds is 4. The van der Waals surface area contributed by atoms with E-state index in [0.29, 0.717) is 13.0 Å². The van der Waals surface area contributed by atoms with Gasteiger partial charge >= 0.3 is 0 Å². The fraction of sp³-hybridized carbons (Fsp3) is 0.632. The highest BCUT2D eigenvalue weighted by Crippen LogP contribution is 2.19. The van der Waals surface area contributed by atoms with Crippen molar-refractivity contribution in [2.45, 2.75) is 38.5 Å². The molecule has 3 atom stereocenters. The highest BCUT2D eigenvalue weighted by Gasteiger charge is 2.31. The molecule has 1 aromatic carbocycles. The van der Waals surface area contributed by atoms with Crippen LogP contribution in [0.25, 0.3) is 0 Å². The molecule has 2 fully saturated rings. The second kappa shape index (κ2) is 8.10. The lowest BCUT2D eigenvalue weighted by molar-refractivity contribution is -0.134. The summed E-state index contributed by atoms with van der Waals surface area (Å²) >= 11 is 0. The van der Waals surface area contributed by atoms with Crippen molar-refractivity contribution in [2.24, 2.45) is 5.92 Å².